The zero-order valence-electron chi connectivity index (χ0n) is 10.8. The number of carboxylic acid groups (broad SMARTS) is 2. The van der Waals surface area contributed by atoms with E-state index in [-0.39, 0.29) is 0 Å². The van der Waals surface area contributed by atoms with Crippen molar-refractivity contribution < 1.29 is 38.2 Å². The van der Waals surface area contributed by atoms with Crippen LogP contribution in [0.5, 0.6) is 0 Å². The zero-order valence-corrected chi connectivity index (χ0v) is 11.7. The van der Waals surface area contributed by atoms with Crippen molar-refractivity contribution in [2.45, 2.75) is 25.1 Å². The Kier molecular flexibility index (Phi) is 6.02. The first-order valence-electron chi connectivity index (χ1n) is 5.89. The predicted octanol–water partition coefficient (Wildman–Crippen LogP) is 1.85. The predicted molar refractivity (Wildman–Crippen MR) is 69.3 cm³/mol. The lowest BCUT2D eigenvalue weighted by molar-refractivity contribution is -0.146. The van der Waals surface area contributed by atoms with Gasteiger partial charge in [-0.3, -0.25) is 13.9 Å². The summed E-state index contributed by atoms with van der Waals surface area (Å²) in [5, 5.41) is 17.3. The third-order valence-electron chi connectivity index (χ3n) is 2.48. The molecule has 116 valence electrons. The monoisotopic (exact) mass is 320 g/mol. The Balaban J connectivity index is 2.71. The van der Waals surface area contributed by atoms with Crippen LogP contribution in [0.4, 0.5) is 4.39 Å². The number of hydrogen-bond donors (Lipinski definition) is 3. The van der Waals surface area contributed by atoms with Gasteiger partial charge in [-0.1, -0.05) is 12.1 Å². The lowest BCUT2D eigenvalue weighted by Crippen LogP contribution is -2.24. The molecule has 0 saturated carbocycles. The fourth-order valence-electron chi connectivity index (χ4n) is 1.53. The van der Waals surface area contributed by atoms with Gasteiger partial charge in [0.15, 0.2) is 6.10 Å². The molecule has 0 fully saturated rings. The fraction of sp³-hybridized carbons (Fsp3) is 0.333. The quantitative estimate of drug-likeness (QED) is 0.625. The summed E-state index contributed by atoms with van der Waals surface area (Å²) in [5.41, 5.74) is 0.296. The number of carboxylic acids is 2. The minimum Gasteiger partial charge on any atom is -0.481 e. The van der Waals surface area contributed by atoms with Crippen LogP contribution in [-0.4, -0.2) is 33.1 Å². The van der Waals surface area contributed by atoms with Gasteiger partial charge >= 0.3 is 19.5 Å². The molecule has 3 N–H and O–H groups in total. The van der Waals surface area contributed by atoms with E-state index in [1.165, 1.54) is 12.1 Å². The van der Waals surface area contributed by atoms with Crippen LogP contribution in [0.15, 0.2) is 24.3 Å². The molecule has 0 heterocycles. The summed E-state index contributed by atoms with van der Waals surface area (Å²) in [7, 11) is -4.30. The Morgan fingerprint density at radius 1 is 1.24 bits per heavy atom. The maximum atomic E-state index is 12.7. The van der Waals surface area contributed by atoms with Crippen LogP contribution in [0.25, 0.3) is 0 Å². The average molecular weight is 320 g/mol. The highest BCUT2D eigenvalue weighted by Crippen LogP contribution is 2.47. The smallest absolute Gasteiger partial charge is 0.333 e. The summed E-state index contributed by atoms with van der Waals surface area (Å²) < 4.78 is 29.2. The van der Waals surface area contributed by atoms with Gasteiger partial charge in [-0.15, -0.1) is 0 Å². The summed E-state index contributed by atoms with van der Waals surface area (Å²) in [5.74, 6) is -3.28. The van der Waals surface area contributed by atoms with Crippen LogP contribution in [0.2, 0.25) is 0 Å². The average Bonchev–Trinajstić information content (AvgIpc) is 2.36. The number of benzene rings is 1. The maximum absolute atomic E-state index is 12.7. The van der Waals surface area contributed by atoms with Gasteiger partial charge in [0.1, 0.15) is 5.82 Å². The van der Waals surface area contributed by atoms with Crippen molar-refractivity contribution in [1.29, 1.82) is 0 Å². The molecule has 7 nitrogen and oxygen atoms in total. The van der Waals surface area contributed by atoms with E-state index in [1.54, 1.807) is 0 Å². The van der Waals surface area contributed by atoms with Crippen molar-refractivity contribution >= 4 is 19.5 Å². The van der Waals surface area contributed by atoms with Crippen molar-refractivity contribution in [2.75, 3.05) is 0 Å². The lowest BCUT2D eigenvalue weighted by atomic mass is 10.2. The van der Waals surface area contributed by atoms with Gasteiger partial charge in [0, 0.05) is 6.42 Å². The van der Waals surface area contributed by atoms with Crippen LogP contribution < -0.4 is 0 Å². The molecule has 2 unspecified atom stereocenters. The van der Waals surface area contributed by atoms with Crippen LogP contribution >= 0.6 is 7.60 Å². The summed E-state index contributed by atoms with van der Waals surface area (Å²) in [6, 6.07) is 4.73. The van der Waals surface area contributed by atoms with Crippen LogP contribution in [0.1, 0.15) is 18.4 Å². The number of aliphatic carboxylic acids is 2. The number of hydrogen-bond acceptors (Lipinski definition) is 4. The van der Waals surface area contributed by atoms with Gasteiger partial charge in [-0.25, -0.2) is 9.18 Å². The molecule has 0 spiro atoms. The van der Waals surface area contributed by atoms with Gasteiger partial charge in [0.05, 0.1) is 6.16 Å². The molecule has 0 aliphatic rings. The van der Waals surface area contributed by atoms with Gasteiger partial charge in [-0.05, 0) is 24.1 Å². The molecule has 0 aromatic heterocycles. The molecular weight excluding hydrogens is 306 g/mol. The third kappa shape index (κ3) is 6.48. The fourth-order valence-corrected chi connectivity index (χ4v) is 2.87. The molecule has 1 rings (SSSR count). The number of rotatable bonds is 8. The minimum absolute atomic E-state index is 0.296. The Morgan fingerprint density at radius 2 is 1.81 bits per heavy atom. The zero-order chi connectivity index (χ0) is 16.0. The van der Waals surface area contributed by atoms with Crippen molar-refractivity contribution in [3.8, 4) is 0 Å². The van der Waals surface area contributed by atoms with Crippen LogP contribution in [0.3, 0.4) is 0 Å². The van der Waals surface area contributed by atoms with Crippen molar-refractivity contribution in [3.63, 3.8) is 0 Å². The molecule has 0 aliphatic heterocycles. The molecule has 9 heteroatoms. The maximum Gasteiger partial charge on any atom is 0.333 e. The topological polar surface area (TPSA) is 121 Å². The van der Waals surface area contributed by atoms with E-state index < -0.39 is 50.5 Å². The molecule has 2 atom stereocenters. The molecule has 0 amide bonds. The minimum atomic E-state index is -4.30. The molecular formula is C12H14FO7P. The van der Waals surface area contributed by atoms with E-state index in [2.05, 4.69) is 4.52 Å². The van der Waals surface area contributed by atoms with E-state index in [0.29, 0.717) is 5.56 Å². The van der Waals surface area contributed by atoms with Gasteiger partial charge in [0.25, 0.3) is 0 Å². The van der Waals surface area contributed by atoms with Crippen molar-refractivity contribution in [1.82, 2.24) is 0 Å². The van der Waals surface area contributed by atoms with Crippen LogP contribution in [0, 0.1) is 5.82 Å². The number of carbonyl (C=O) groups is 2. The van der Waals surface area contributed by atoms with Gasteiger partial charge < -0.3 is 15.1 Å². The molecule has 21 heavy (non-hydrogen) atoms. The normalized spacial score (nSPS) is 15.1. The SMILES string of the molecule is O=C(O)CCC(OP(=O)(O)Cc1ccc(F)cc1)C(=O)O. The van der Waals surface area contributed by atoms with Crippen molar-refractivity contribution in [2.24, 2.45) is 0 Å². The summed E-state index contributed by atoms with van der Waals surface area (Å²) in [6.07, 6.45) is -3.13. The third-order valence-corrected chi connectivity index (χ3v) is 3.83. The molecule has 0 aliphatic carbocycles. The second-order valence-electron chi connectivity index (χ2n) is 4.29. The van der Waals surface area contributed by atoms with Gasteiger partial charge in [0.2, 0.25) is 0 Å². The second-order valence-corrected chi connectivity index (χ2v) is 6.09. The molecule has 1 aromatic carbocycles. The second kappa shape index (κ2) is 7.31. The highest BCUT2D eigenvalue weighted by atomic mass is 31.2. The standard InChI is InChI=1S/C12H14FO7P/c13-9-3-1-8(2-4-9)7-21(18,19)20-10(12(16)17)5-6-11(14)15/h1-4,10H,5-7H2,(H,14,15)(H,16,17)(H,18,19). The van der Waals surface area contributed by atoms with E-state index in [9.17, 15) is 23.4 Å². The van der Waals surface area contributed by atoms with Crippen molar-refractivity contribution in [3.05, 3.63) is 35.6 Å². The first kappa shape index (κ1) is 17.3. The molecule has 0 bridgehead atoms. The Bertz CT molecular complexity index is 557. The highest BCUT2D eigenvalue weighted by molar-refractivity contribution is 7.52. The van der Waals surface area contributed by atoms with E-state index in [1.807, 2.05) is 0 Å². The first-order valence-corrected chi connectivity index (χ1v) is 7.65. The lowest BCUT2D eigenvalue weighted by Gasteiger charge is -2.17. The molecule has 0 radical (unpaired) electrons. The summed E-state index contributed by atoms with van der Waals surface area (Å²) in [4.78, 5) is 30.9. The highest BCUT2D eigenvalue weighted by Gasteiger charge is 2.30. The molecule has 1 aromatic rings. The largest absolute Gasteiger partial charge is 0.481 e. The Morgan fingerprint density at radius 3 is 2.29 bits per heavy atom. The number of halogens is 1. The molecule has 0 saturated heterocycles. The van der Waals surface area contributed by atoms with Crippen LogP contribution in [-0.2, 0) is 24.8 Å². The first-order chi connectivity index (χ1) is 9.69. The van der Waals surface area contributed by atoms with Gasteiger partial charge in [-0.2, -0.15) is 0 Å². The van der Waals surface area contributed by atoms with E-state index in [0.717, 1.165) is 12.1 Å². The summed E-state index contributed by atoms with van der Waals surface area (Å²) >= 11 is 0. The summed E-state index contributed by atoms with van der Waals surface area (Å²) in [6.45, 7) is 0. The van der Waals surface area contributed by atoms with E-state index >= 15 is 0 Å². The Hall–Kier alpha value is -1.76. The Labute approximate surface area is 119 Å². The van der Waals surface area contributed by atoms with E-state index in [4.69, 9.17) is 10.2 Å².